The van der Waals surface area contributed by atoms with Crippen LogP contribution in [0, 0.1) is 0 Å². The summed E-state index contributed by atoms with van der Waals surface area (Å²) in [5, 5.41) is 19.2. The minimum atomic E-state index is -4.87. The zero-order chi connectivity index (χ0) is 38.8. The Labute approximate surface area is 331 Å². The van der Waals surface area contributed by atoms with Crippen molar-refractivity contribution in [3.8, 4) is 0 Å². The van der Waals surface area contributed by atoms with Crippen molar-refractivity contribution in [2.24, 2.45) is 0 Å². The molecule has 310 valence electrons. The van der Waals surface area contributed by atoms with Gasteiger partial charge in [0.25, 0.3) is 11.8 Å². The van der Waals surface area contributed by atoms with Gasteiger partial charge in [-0.3, -0.25) is 19.2 Å². The fourth-order valence-electron chi connectivity index (χ4n) is 5.32. The molecule has 0 unspecified atom stereocenters. The fraction of sp³-hybridized carbons (Fsp3) is 0.297. The Morgan fingerprint density at radius 2 is 1.09 bits per heavy atom. The van der Waals surface area contributed by atoms with Gasteiger partial charge in [-0.15, -0.1) is 22.7 Å². The summed E-state index contributed by atoms with van der Waals surface area (Å²) in [6.45, 7) is 0.0302. The number of carboxylic acids is 1. The zero-order valence-corrected chi connectivity index (χ0v) is 28.5. The molecule has 6 rings (SSSR count). The lowest BCUT2D eigenvalue weighted by Crippen LogP contribution is -2.22. The number of rotatable bonds is 8. The number of hydrogen-bond donors (Lipinski definition) is 5. The van der Waals surface area contributed by atoms with Gasteiger partial charge >= 0.3 is 24.3 Å². The first-order chi connectivity index (χ1) is 24.9. The third kappa shape index (κ3) is 11.2. The normalized spacial score (nSPS) is 12.3. The number of fused-ring (bicyclic) bond motifs is 2. The van der Waals surface area contributed by atoms with Gasteiger partial charge in [0.05, 0.1) is 40.8 Å². The molecule has 0 saturated heterocycles. The van der Waals surface area contributed by atoms with Crippen LogP contribution in [0.3, 0.4) is 0 Å². The SMILES string of the molecule is C.C.C.C.COC(=O)c1sc(C(=O)NCc2cccc3c2CC(=O)N3)cc1C(F)(F)F.O=C1Cc2c(CNC(=O)c3cc(C(F)(F)F)c(C(=O)O)s3)cccc2N1. The summed E-state index contributed by atoms with van der Waals surface area (Å²) in [4.78, 5) is 67.7. The van der Waals surface area contributed by atoms with Crippen LogP contribution in [0.2, 0.25) is 0 Å². The molecule has 4 heterocycles. The largest absolute Gasteiger partial charge is 0.477 e. The molecule has 0 fully saturated rings. The number of ether oxygens (including phenoxy) is 1. The quantitative estimate of drug-likeness (QED) is 0.0866. The van der Waals surface area contributed by atoms with E-state index < -0.39 is 57.0 Å². The highest BCUT2D eigenvalue weighted by Crippen LogP contribution is 2.38. The van der Waals surface area contributed by atoms with E-state index in [1.807, 2.05) is 0 Å². The van der Waals surface area contributed by atoms with Crippen LogP contribution < -0.4 is 21.3 Å². The van der Waals surface area contributed by atoms with Gasteiger partial charge in [0.2, 0.25) is 11.8 Å². The first kappa shape index (κ1) is 49.3. The van der Waals surface area contributed by atoms with Crippen molar-refractivity contribution in [3.63, 3.8) is 0 Å². The number of carbonyl (C=O) groups is 6. The second-order valence-corrected chi connectivity index (χ2v) is 13.3. The summed E-state index contributed by atoms with van der Waals surface area (Å²) < 4.78 is 82.3. The highest BCUT2D eigenvalue weighted by molar-refractivity contribution is 7.16. The number of carboxylic acid groups (broad SMARTS) is 1. The van der Waals surface area contributed by atoms with Crippen LogP contribution in [-0.2, 0) is 52.6 Å². The maximum atomic E-state index is 13.1. The molecule has 0 bridgehead atoms. The van der Waals surface area contributed by atoms with Gasteiger partial charge < -0.3 is 31.1 Å². The van der Waals surface area contributed by atoms with Gasteiger partial charge in [0.15, 0.2) is 0 Å². The fourth-order valence-corrected chi connectivity index (χ4v) is 7.26. The number of esters is 1. The molecule has 2 aromatic carbocycles. The van der Waals surface area contributed by atoms with Crippen LogP contribution in [0.1, 0.15) is 102 Å². The van der Waals surface area contributed by atoms with E-state index in [4.69, 9.17) is 5.11 Å². The third-order valence-electron chi connectivity index (χ3n) is 7.74. The Morgan fingerprint density at radius 3 is 1.44 bits per heavy atom. The first-order valence-corrected chi connectivity index (χ1v) is 16.6. The van der Waals surface area contributed by atoms with Crippen LogP contribution in [0.15, 0.2) is 48.5 Å². The highest BCUT2D eigenvalue weighted by Gasteiger charge is 2.40. The second kappa shape index (κ2) is 19.4. The molecule has 2 aromatic heterocycles. The van der Waals surface area contributed by atoms with E-state index in [0.717, 1.165) is 12.7 Å². The first-order valence-electron chi connectivity index (χ1n) is 15.0. The average Bonchev–Trinajstić information content (AvgIpc) is 3.89. The monoisotopic (exact) mass is 846 g/mol. The molecule has 20 heteroatoms. The van der Waals surface area contributed by atoms with Crippen molar-refractivity contribution < 1.29 is 65.0 Å². The molecule has 2 aliphatic rings. The standard InChI is InChI=1S/C17H13F3N2O4S.C16H11F3N2O4S.4CH4/c1-26-16(25)14-10(17(18,19)20)6-12(27-14)15(24)21-7-8-3-2-4-11-9(8)5-13(23)22-11;17-16(18,19)9-5-11(26-13(9)15(24)25)14(23)20-6-7-2-1-3-10-8(7)4-12(22)21-10;;;;/h2-4,6H,5,7H2,1H3,(H,21,24)(H,22,23);1-3,5H,4,6H2,(H,20,23)(H,21,22)(H,24,25);4*1H4. The van der Waals surface area contributed by atoms with Crippen molar-refractivity contribution in [1.29, 1.82) is 0 Å². The summed E-state index contributed by atoms with van der Waals surface area (Å²) in [6.07, 6.45) is -9.33. The van der Waals surface area contributed by atoms with Gasteiger partial charge in [-0.25, -0.2) is 9.59 Å². The van der Waals surface area contributed by atoms with E-state index in [1.54, 1.807) is 36.4 Å². The second-order valence-electron chi connectivity index (χ2n) is 11.2. The highest BCUT2D eigenvalue weighted by atomic mass is 32.1. The molecule has 0 aliphatic carbocycles. The van der Waals surface area contributed by atoms with Gasteiger partial charge in [0, 0.05) is 24.5 Å². The number of methoxy groups -OCH3 is 1. The molecular formula is C37H40F6N4O8S2. The molecule has 0 saturated carbocycles. The van der Waals surface area contributed by atoms with Gasteiger partial charge in [0.1, 0.15) is 9.75 Å². The van der Waals surface area contributed by atoms with E-state index in [9.17, 15) is 55.1 Å². The molecule has 12 nitrogen and oxygen atoms in total. The predicted octanol–water partition coefficient (Wildman–Crippen LogP) is 8.41. The maximum absolute atomic E-state index is 13.1. The predicted molar refractivity (Wildman–Crippen MR) is 204 cm³/mol. The number of benzene rings is 2. The molecular weight excluding hydrogens is 807 g/mol. The third-order valence-corrected chi connectivity index (χ3v) is 9.97. The summed E-state index contributed by atoms with van der Waals surface area (Å²) in [6, 6.07) is 11.4. The number of aromatic carboxylic acids is 1. The lowest BCUT2D eigenvalue weighted by molar-refractivity contribution is -0.138. The average molecular weight is 847 g/mol. The maximum Gasteiger partial charge on any atom is 0.418 e. The van der Waals surface area contributed by atoms with Crippen LogP contribution >= 0.6 is 22.7 Å². The number of halogens is 6. The number of carbonyl (C=O) groups excluding carboxylic acids is 5. The molecule has 2 aliphatic heterocycles. The number of thiophene rings is 2. The van der Waals surface area contributed by atoms with E-state index in [2.05, 4.69) is 26.0 Å². The summed E-state index contributed by atoms with van der Waals surface area (Å²) in [5.41, 5.74) is 1.50. The van der Waals surface area contributed by atoms with Gasteiger partial charge in [-0.05, 0) is 46.5 Å². The van der Waals surface area contributed by atoms with Crippen LogP contribution in [-0.4, -0.2) is 47.8 Å². The van der Waals surface area contributed by atoms with Crippen molar-refractivity contribution >= 4 is 69.6 Å². The Balaban J connectivity index is 0.000000533. The van der Waals surface area contributed by atoms with Crippen LogP contribution in [0.5, 0.6) is 0 Å². The molecule has 57 heavy (non-hydrogen) atoms. The Bertz CT molecular complexity index is 2160. The number of hydrogen-bond acceptors (Lipinski definition) is 9. The van der Waals surface area contributed by atoms with E-state index in [1.165, 1.54) is 0 Å². The van der Waals surface area contributed by atoms with E-state index in [0.29, 0.717) is 51.5 Å². The van der Waals surface area contributed by atoms with Gasteiger partial charge in [-0.2, -0.15) is 26.3 Å². The lowest BCUT2D eigenvalue weighted by atomic mass is 10.0. The number of anilines is 2. The summed E-state index contributed by atoms with van der Waals surface area (Å²) in [5.74, 6) is -4.82. The van der Waals surface area contributed by atoms with Crippen molar-refractivity contribution in [2.75, 3.05) is 17.7 Å². The van der Waals surface area contributed by atoms with E-state index in [-0.39, 0.29) is 88.5 Å². The van der Waals surface area contributed by atoms with Crippen molar-refractivity contribution in [1.82, 2.24) is 10.6 Å². The van der Waals surface area contributed by atoms with Gasteiger partial charge in [-0.1, -0.05) is 54.0 Å². The topological polar surface area (TPSA) is 180 Å². The summed E-state index contributed by atoms with van der Waals surface area (Å²) in [7, 11) is 0.966. The number of alkyl halides is 6. The zero-order valence-electron chi connectivity index (χ0n) is 26.8. The van der Waals surface area contributed by atoms with Crippen molar-refractivity contribution in [3.05, 3.63) is 101 Å². The van der Waals surface area contributed by atoms with Crippen LogP contribution in [0.25, 0.3) is 0 Å². The number of nitrogens with one attached hydrogen (secondary N) is 4. The van der Waals surface area contributed by atoms with E-state index >= 15 is 0 Å². The minimum Gasteiger partial charge on any atom is -0.477 e. The lowest BCUT2D eigenvalue weighted by Gasteiger charge is -2.08. The minimum absolute atomic E-state index is 0. The molecule has 4 amide bonds. The Hall–Kier alpha value is -5.76. The Kier molecular flexibility index (Phi) is 16.8. The summed E-state index contributed by atoms with van der Waals surface area (Å²) >= 11 is 0.681. The molecule has 4 aromatic rings. The molecule has 0 atom stereocenters. The smallest absolute Gasteiger partial charge is 0.418 e. The number of amides is 4. The molecule has 0 spiro atoms. The molecule has 5 N–H and O–H groups in total. The van der Waals surface area contributed by atoms with Crippen LogP contribution in [0.4, 0.5) is 37.7 Å². The molecule has 0 radical (unpaired) electrons. The van der Waals surface area contributed by atoms with Crippen molar-refractivity contribution in [2.45, 2.75) is 68.0 Å². The Morgan fingerprint density at radius 1 is 0.702 bits per heavy atom.